The van der Waals surface area contributed by atoms with Crippen molar-refractivity contribution in [2.24, 2.45) is 0 Å². The Labute approximate surface area is 166 Å². The molecule has 136 valence electrons. The van der Waals surface area contributed by atoms with E-state index >= 15 is 0 Å². The first-order chi connectivity index (χ1) is 13.1. The minimum atomic E-state index is -0.857. The van der Waals surface area contributed by atoms with Gasteiger partial charge in [0.15, 0.2) is 0 Å². The largest absolute Gasteiger partial charge is 0.384 e. The highest BCUT2D eigenvalue weighted by Crippen LogP contribution is 2.51. The zero-order valence-electron chi connectivity index (χ0n) is 14.3. The zero-order valence-corrected chi connectivity index (χ0v) is 15.9. The monoisotopic (exact) mass is 397 g/mol. The molecule has 2 heterocycles. The lowest BCUT2D eigenvalue weighted by Gasteiger charge is -2.21. The normalized spacial score (nSPS) is 18.0. The van der Waals surface area contributed by atoms with E-state index < -0.39 is 6.10 Å². The summed E-state index contributed by atoms with van der Waals surface area (Å²) >= 11 is 7.61. The van der Waals surface area contributed by atoms with E-state index in [0.717, 1.165) is 21.8 Å². The molecule has 3 aromatic rings. The van der Waals surface area contributed by atoms with Crippen molar-refractivity contribution in [2.75, 3.05) is 5.75 Å². The van der Waals surface area contributed by atoms with Gasteiger partial charge in [0.2, 0.25) is 0 Å². The first-order valence-corrected chi connectivity index (χ1v) is 9.96. The second-order valence-electron chi connectivity index (χ2n) is 6.37. The Morgan fingerprint density at radius 2 is 1.85 bits per heavy atom. The van der Waals surface area contributed by atoms with Gasteiger partial charge in [-0.25, -0.2) is 4.39 Å². The molecule has 5 heteroatoms. The third kappa shape index (κ3) is 3.65. The SMILES string of the molecule is OC(C1=C(c2ccccc2F)SCC1c1ccc(Cl)cc1)c1cccnc1. The molecule has 0 amide bonds. The molecule has 0 fully saturated rings. The van der Waals surface area contributed by atoms with E-state index in [9.17, 15) is 9.50 Å². The van der Waals surface area contributed by atoms with E-state index in [1.807, 2.05) is 36.4 Å². The molecule has 1 aromatic heterocycles. The number of rotatable bonds is 4. The van der Waals surface area contributed by atoms with Gasteiger partial charge in [0, 0.05) is 45.1 Å². The zero-order chi connectivity index (χ0) is 18.8. The summed E-state index contributed by atoms with van der Waals surface area (Å²) in [5.41, 5.74) is 3.08. The van der Waals surface area contributed by atoms with Crippen LogP contribution in [0.1, 0.15) is 28.7 Å². The van der Waals surface area contributed by atoms with Crippen LogP contribution in [0.3, 0.4) is 0 Å². The Kier molecular flexibility index (Phi) is 5.30. The summed E-state index contributed by atoms with van der Waals surface area (Å²) in [5.74, 6) is 0.419. The second-order valence-corrected chi connectivity index (χ2v) is 7.84. The van der Waals surface area contributed by atoms with Crippen LogP contribution in [0.4, 0.5) is 4.39 Å². The predicted octanol–water partition coefficient (Wildman–Crippen LogP) is 5.85. The van der Waals surface area contributed by atoms with Crippen molar-refractivity contribution in [1.29, 1.82) is 0 Å². The van der Waals surface area contributed by atoms with Crippen molar-refractivity contribution in [2.45, 2.75) is 12.0 Å². The van der Waals surface area contributed by atoms with Gasteiger partial charge < -0.3 is 5.11 Å². The third-order valence-corrected chi connectivity index (χ3v) is 6.21. The van der Waals surface area contributed by atoms with Gasteiger partial charge in [-0.3, -0.25) is 4.98 Å². The summed E-state index contributed by atoms with van der Waals surface area (Å²) in [6, 6.07) is 18.0. The topological polar surface area (TPSA) is 33.1 Å². The standard InChI is InChI=1S/C22H17ClFNOS/c23-16-9-7-14(8-10-16)18-13-27-22(17-5-1-2-6-19(17)24)20(18)21(26)15-4-3-11-25-12-15/h1-12,18,21,26H,13H2. The van der Waals surface area contributed by atoms with Crippen molar-refractivity contribution in [3.05, 3.63) is 106 Å². The lowest BCUT2D eigenvalue weighted by atomic mass is 9.86. The Balaban J connectivity index is 1.86. The van der Waals surface area contributed by atoms with Gasteiger partial charge in [-0.15, -0.1) is 11.8 Å². The van der Waals surface area contributed by atoms with Crippen LogP contribution in [0.25, 0.3) is 4.91 Å². The quantitative estimate of drug-likeness (QED) is 0.599. The molecule has 2 nitrogen and oxygen atoms in total. The summed E-state index contributed by atoms with van der Waals surface area (Å²) in [5, 5.41) is 11.8. The van der Waals surface area contributed by atoms with Crippen molar-refractivity contribution < 1.29 is 9.50 Å². The molecule has 2 aromatic carbocycles. The summed E-state index contributed by atoms with van der Waals surface area (Å²) in [6.07, 6.45) is 2.46. The molecule has 0 radical (unpaired) electrons. The maximum absolute atomic E-state index is 14.5. The second kappa shape index (κ2) is 7.85. The molecule has 0 spiro atoms. The number of hydrogen-bond donors (Lipinski definition) is 1. The minimum Gasteiger partial charge on any atom is -0.384 e. The van der Waals surface area contributed by atoms with E-state index in [2.05, 4.69) is 4.98 Å². The lowest BCUT2D eigenvalue weighted by Crippen LogP contribution is -2.10. The number of aliphatic hydroxyl groups is 1. The van der Waals surface area contributed by atoms with E-state index in [4.69, 9.17) is 11.6 Å². The molecule has 0 bridgehead atoms. The summed E-state index contributed by atoms with van der Waals surface area (Å²) in [7, 11) is 0. The van der Waals surface area contributed by atoms with Gasteiger partial charge >= 0.3 is 0 Å². The molecule has 1 N–H and O–H groups in total. The molecule has 0 aliphatic carbocycles. The Bertz CT molecular complexity index is 975. The number of pyridine rings is 1. The average Bonchev–Trinajstić information content (AvgIpc) is 3.14. The minimum absolute atomic E-state index is 0.0305. The third-order valence-electron chi connectivity index (χ3n) is 4.72. The van der Waals surface area contributed by atoms with Crippen LogP contribution in [-0.4, -0.2) is 15.8 Å². The van der Waals surface area contributed by atoms with Crippen LogP contribution in [0.5, 0.6) is 0 Å². The fourth-order valence-corrected chi connectivity index (χ4v) is 4.95. The summed E-state index contributed by atoms with van der Waals surface area (Å²) < 4.78 is 14.5. The van der Waals surface area contributed by atoms with Crippen LogP contribution in [0.2, 0.25) is 5.02 Å². The molecule has 2 unspecified atom stereocenters. The van der Waals surface area contributed by atoms with E-state index in [1.54, 1.807) is 42.4 Å². The molecular weight excluding hydrogens is 381 g/mol. The molecule has 2 atom stereocenters. The fourth-order valence-electron chi connectivity index (χ4n) is 3.38. The molecule has 1 aliphatic rings. The number of aliphatic hydroxyl groups excluding tert-OH is 1. The molecule has 1 aliphatic heterocycles. The number of hydrogen-bond acceptors (Lipinski definition) is 3. The van der Waals surface area contributed by atoms with Gasteiger partial charge in [-0.2, -0.15) is 0 Å². The van der Waals surface area contributed by atoms with E-state index in [-0.39, 0.29) is 11.7 Å². The Morgan fingerprint density at radius 3 is 2.56 bits per heavy atom. The smallest absolute Gasteiger partial charge is 0.131 e. The van der Waals surface area contributed by atoms with Crippen LogP contribution in [-0.2, 0) is 0 Å². The molecule has 0 saturated heterocycles. The number of halogens is 2. The van der Waals surface area contributed by atoms with E-state index in [0.29, 0.717) is 16.1 Å². The van der Waals surface area contributed by atoms with Crippen LogP contribution in [0.15, 0.2) is 78.6 Å². The van der Waals surface area contributed by atoms with E-state index in [1.165, 1.54) is 6.07 Å². The number of aromatic nitrogens is 1. The Morgan fingerprint density at radius 1 is 1.07 bits per heavy atom. The van der Waals surface area contributed by atoms with Crippen molar-refractivity contribution >= 4 is 28.3 Å². The summed E-state index contributed by atoms with van der Waals surface area (Å²) in [6.45, 7) is 0. The van der Waals surface area contributed by atoms with Crippen molar-refractivity contribution in [1.82, 2.24) is 4.98 Å². The predicted molar refractivity (Wildman–Crippen MR) is 109 cm³/mol. The van der Waals surface area contributed by atoms with Crippen molar-refractivity contribution in [3.8, 4) is 0 Å². The van der Waals surface area contributed by atoms with Gasteiger partial charge in [0.25, 0.3) is 0 Å². The molecule has 4 rings (SSSR count). The van der Waals surface area contributed by atoms with Gasteiger partial charge in [-0.05, 0) is 35.4 Å². The fraction of sp³-hybridized carbons (Fsp3) is 0.136. The van der Waals surface area contributed by atoms with Crippen molar-refractivity contribution in [3.63, 3.8) is 0 Å². The van der Waals surface area contributed by atoms with Gasteiger partial charge in [-0.1, -0.05) is 48.0 Å². The number of nitrogens with zero attached hydrogens (tertiary/aromatic N) is 1. The summed E-state index contributed by atoms with van der Waals surface area (Å²) in [4.78, 5) is 4.92. The average molecular weight is 398 g/mol. The highest BCUT2D eigenvalue weighted by molar-refractivity contribution is 8.08. The van der Waals surface area contributed by atoms with Crippen LogP contribution < -0.4 is 0 Å². The highest BCUT2D eigenvalue weighted by atomic mass is 35.5. The molecular formula is C22H17ClFNOS. The van der Waals surface area contributed by atoms with Crippen LogP contribution in [0, 0.1) is 5.82 Å². The maximum atomic E-state index is 14.5. The van der Waals surface area contributed by atoms with Gasteiger partial charge in [0.1, 0.15) is 11.9 Å². The van der Waals surface area contributed by atoms with Gasteiger partial charge in [0.05, 0.1) is 0 Å². The first kappa shape index (κ1) is 18.2. The first-order valence-electron chi connectivity index (χ1n) is 8.60. The van der Waals surface area contributed by atoms with Crippen LogP contribution >= 0.6 is 23.4 Å². The molecule has 0 saturated carbocycles. The highest BCUT2D eigenvalue weighted by Gasteiger charge is 2.34. The number of benzene rings is 2. The maximum Gasteiger partial charge on any atom is 0.131 e. The lowest BCUT2D eigenvalue weighted by molar-refractivity contribution is 0.210. The number of thioether (sulfide) groups is 1. The molecule has 27 heavy (non-hydrogen) atoms. The Hall–Kier alpha value is -2.14.